The first-order valence-corrected chi connectivity index (χ1v) is 8.24. The van der Waals surface area contributed by atoms with Gasteiger partial charge in [0.25, 0.3) is 11.8 Å². The molecule has 1 atom stereocenters. The molecule has 0 saturated heterocycles. The molecule has 0 bridgehead atoms. The quantitative estimate of drug-likeness (QED) is 0.630. The van der Waals surface area contributed by atoms with Crippen molar-refractivity contribution in [1.82, 2.24) is 15.5 Å². The second-order valence-electron chi connectivity index (χ2n) is 6.55. The number of nitrogens with one attached hydrogen (secondary N) is 2. The molecule has 1 rings (SSSR count). The van der Waals surface area contributed by atoms with E-state index >= 15 is 0 Å². The highest BCUT2D eigenvalue weighted by atomic mass is 16.4. The van der Waals surface area contributed by atoms with E-state index in [0.29, 0.717) is 17.5 Å². The predicted octanol–water partition coefficient (Wildman–Crippen LogP) is 0.734. The van der Waals surface area contributed by atoms with Crippen molar-refractivity contribution in [2.75, 3.05) is 20.6 Å². The van der Waals surface area contributed by atoms with Crippen molar-refractivity contribution in [3.05, 3.63) is 35.4 Å². The molecule has 142 valence electrons. The molecule has 0 aliphatic rings. The Hall–Kier alpha value is -2.90. The number of carboxylic acids is 1. The molecule has 0 aliphatic heterocycles. The van der Waals surface area contributed by atoms with Crippen LogP contribution < -0.4 is 10.6 Å². The summed E-state index contributed by atoms with van der Waals surface area (Å²) in [5.41, 5.74) is 0.743. The van der Waals surface area contributed by atoms with Gasteiger partial charge in [0.1, 0.15) is 6.04 Å². The Bertz CT molecular complexity index is 668. The standard InChI is InChI=1S/C18H25N3O5/c1-11(2)9-14(18(25)26)20-15(22)10-19-16(23)12-5-7-13(8-6-12)17(24)21(3)4/h5-8,11,14H,9-10H2,1-4H3,(H,19,23)(H,20,22)(H,25,26)/t14-/m0/s1. The second kappa shape index (κ2) is 9.55. The summed E-state index contributed by atoms with van der Waals surface area (Å²) in [6.45, 7) is 3.38. The lowest BCUT2D eigenvalue weighted by Crippen LogP contribution is -2.46. The number of nitrogens with zero attached hydrogens (tertiary/aromatic N) is 1. The normalized spacial score (nSPS) is 11.6. The Morgan fingerprint density at radius 3 is 2.04 bits per heavy atom. The Labute approximate surface area is 152 Å². The molecule has 0 spiro atoms. The van der Waals surface area contributed by atoms with Crippen LogP contribution in [0.15, 0.2) is 24.3 Å². The molecule has 1 aromatic rings. The summed E-state index contributed by atoms with van der Waals surface area (Å²) in [5.74, 6) is -2.25. The summed E-state index contributed by atoms with van der Waals surface area (Å²) >= 11 is 0. The molecule has 0 radical (unpaired) electrons. The third kappa shape index (κ3) is 6.54. The first-order valence-electron chi connectivity index (χ1n) is 8.24. The van der Waals surface area contributed by atoms with Crippen LogP contribution in [0.1, 0.15) is 41.0 Å². The summed E-state index contributed by atoms with van der Waals surface area (Å²) in [4.78, 5) is 48.3. The van der Waals surface area contributed by atoms with Crippen LogP contribution in [0.4, 0.5) is 0 Å². The second-order valence-corrected chi connectivity index (χ2v) is 6.55. The van der Waals surface area contributed by atoms with Gasteiger partial charge in [-0.05, 0) is 36.6 Å². The lowest BCUT2D eigenvalue weighted by molar-refractivity contribution is -0.142. The van der Waals surface area contributed by atoms with Gasteiger partial charge >= 0.3 is 5.97 Å². The van der Waals surface area contributed by atoms with Crippen LogP contribution in [0.2, 0.25) is 0 Å². The highest BCUT2D eigenvalue weighted by Crippen LogP contribution is 2.07. The van der Waals surface area contributed by atoms with Gasteiger partial charge in [-0.15, -0.1) is 0 Å². The number of benzene rings is 1. The minimum atomic E-state index is -1.11. The van der Waals surface area contributed by atoms with E-state index in [0.717, 1.165) is 0 Å². The van der Waals surface area contributed by atoms with Crippen LogP contribution in [0, 0.1) is 5.92 Å². The maximum absolute atomic E-state index is 12.1. The molecule has 1 aromatic carbocycles. The van der Waals surface area contributed by atoms with Gasteiger partial charge < -0.3 is 20.6 Å². The smallest absolute Gasteiger partial charge is 0.326 e. The Balaban J connectivity index is 2.59. The summed E-state index contributed by atoms with van der Waals surface area (Å²) in [7, 11) is 3.26. The molecule has 8 heteroatoms. The average molecular weight is 363 g/mol. The molecule has 8 nitrogen and oxygen atoms in total. The van der Waals surface area contributed by atoms with Crippen molar-refractivity contribution < 1.29 is 24.3 Å². The van der Waals surface area contributed by atoms with E-state index < -0.39 is 23.8 Å². The molecular weight excluding hydrogens is 338 g/mol. The van der Waals surface area contributed by atoms with Crippen LogP contribution in [0.25, 0.3) is 0 Å². The molecule has 0 heterocycles. The number of hydrogen-bond acceptors (Lipinski definition) is 4. The van der Waals surface area contributed by atoms with Crippen LogP contribution in [0.3, 0.4) is 0 Å². The van der Waals surface area contributed by atoms with E-state index in [4.69, 9.17) is 5.11 Å². The van der Waals surface area contributed by atoms with Crippen LogP contribution in [-0.4, -0.2) is 60.4 Å². The molecule has 0 aromatic heterocycles. The molecule has 0 aliphatic carbocycles. The Morgan fingerprint density at radius 1 is 1.04 bits per heavy atom. The number of carbonyl (C=O) groups is 4. The first-order chi connectivity index (χ1) is 12.1. The Kier molecular flexibility index (Phi) is 7.77. The van der Waals surface area contributed by atoms with Gasteiger partial charge in [-0.3, -0.25) is 14.4 Å². The number of aliphatic carboxylic acids is 1. The lowest BCUT2D eigenvalue weighted by atomic mass is 10.0. The third-order valence-corrected chi connectivity index (χ3v) is 3.55. The van der Waals surface area contributed by atoms with Crippen molar-refractivity contribution in [2.45, 2.75) is 26.3 Å². The van der Waals surface area contributed by atoms with Crippen molar-refractivity contribution in [2.24, 2.45) is 5.92 Å². The predicted molar refractivity (Wildman–Crippen MR) is 95.8 cm³/mol. The SMILES string of the molecule is CC(C)C[C@H](NC(=O)CNC(=O)c1ccc(C(=O)N(C)C)cc1)C(=O)O. The van der Waals surface area contributed by atoms with Gasteiger partial charge in [-0.2, -0.15) is 0 Å². The van der Waals surface area contributed by atoms with Crippen LogP contribution in [-0.2, 0) is 9.59 Å². The van der Waals surface area contributed by atoms with E-state index in [-0.39, 0.29) is 18.4 Å². The van der Waals surface area contributed by atoms with Crippen LogP contribution >= 0.6 is 0 Å². The molecule has 3 amide bonds. The zero-order valence-corrected chi connectivity index (χ0v) is 15.4. The number of carbonyl (C=O) groups excluding carboxylic acids is 3. The van der Waals surface area contributed by atoms with Gasteiger partial charge in [-0.1, -0.05) is 13.8 Å². The van der Waals surface area contributed by atoms with Crippen molar-refractivity contribution in [3.63, 3.8) is 0 Å². The summed E-state index contributed by atoms with van der Waals surface area (Å²) in [6.07, 6.45) is 0.302. The largest absolute Gasteiger partial charge is 0.480 e. The lowest BCUT2D eigenvalue weighted by Gasteiger charge is -2.16. The molecule has 0 fully saturated rings. The van der Waals surface area contributed by atoms with Crippen molar-refractivity contribution >= 4 is 23.7 Å². The van der Waals surface area contributed by atoms with Gasteiger partial charge in [0.2, 0.25) is 5.91 Å². The third-order valence-electron chi connectivity index (χ3n) is 3.55. The maximum atomic E-state index is 12.1. The fraction of sp³-hybridized carbons (Fsp3) is 0.444. The number of amides is 3. The van der Waals surface area contributed by atoms with E-state index in [9.17, 15) is 19.2 Å². The highest BCUT2D eigenvalue weighted by Gasteiger charge is 2.21. The molecule has 0 unspecified atom stereocenters. The van der Waals surface area contributed by atoms with Gasteiger partial charge in [-0.25, -0.2) is 4.79 Å². The number of rotatable bonds is 8. The van der Waals surface area contributed by atoms with E-state index in [1.807, 2.05) is 13.8 Å². The zero-order valence-electron chi connectivity index (χ0n) is 15.4. The highest BCUT2D eigenvalue weighted by molar-refractivity contribution is 5.99. The van der Waals surface area contributed by atoms with E-state index in [1.165, 1.54) is 29.2 Å². The molecular formula is C18H25N3O5. The summed E-state index contributed by atoms with van der Waals surface area (Å²) < 4.78 is 0. The summed E-state index contributed by atoms with van der Waals surface area (Å²) in [5, 5.41) is 13.9. The first kappa shape index (κ1) is 21.1. The minimum absolute atomic E-state index is 0.106. The monoisotopic (exact) mass is 363 g/mol. The van der Waals surface area contributed by atoms with Gasteiger partial charge in [0.15, 0.2) is 0 Å². The zero-order chi connectivity index (χ0) is 19.9. The van der Waals surface area contributed by atoms with E-state index in [2.05, 4.69) is 10.6 Å². The van der Waals surface area contributed by atoms with Crippen molar-refractivity contribution in [3.8, 4) is 0 Å². The van der Waals surface area contributed by atoms with Crippen LogP contribution in [0.5, 0.6) is 0 Å². The molecule has 0 saturated carbocycles. The number of hydrogen-bond donors (Lipinski definition) is 3. The maximum Gasteiger partial charge on any atom is 0.326 e. The molecule has 26 heavy (non-hydrogen) atoms. The Morgan fingerprint density at radius 2 is 1.58 bits per heavy atom. The van der Waals surface area contributed by atoms with E-state index in [1.54, 1.807) is 14.1 Å². The fourth-order valence-electron chi connectivity index (χ4n) is 2.22. The van der Waals surface area contributed by atoms with Gasteiger partial charge in [0.05, 0.1) is 6.54 Å². The van der Waals surface area contributed by atoms with Crippen molar-refractivity contribution in [1.29, 1.82) is 0 Å². The molecule has 3 N–H and O–H groups in total. The topological polar surface area (TPSA) is 116 Å². The fourth-order valence-corrected chi connectivity index (χ4v) is 2.22. The number of carboxylic acid groups (broad SMARTS) is 1. The minimum Gasteiger partial charge on any atom is -0.480 e. The average Bonchev–Trinajstić information content (AvgIpc) is 2.58. The summed E-state index contributed by atoms with van der Waals surface area (Å²) in [6, 6.07) is 5.04. The van der Waals surface area contributed by atoms with Gasteiger partial charge in [0, 0.05) is 25.2 Å².